The quantitative estimate of drug-likeness (QED) is 0.422. The van der Waals surface area contributed by atoms with Crippen molar-refractivity contribution in [3.8, 4) is 5.75 Å². The van der Waals surface area contributed by atoms with Crippen LogP contribution >= 0.6 is 11.3 Å². The van der Waals surface area contributed by atoms with Crippen LogP contribution in [0.4, 0.5) is 5.69 Å². The Morgan fingerprint density at radius 3 is 2.62 bits per heavy atom. The monoisotopic (exact) mass is 518 g/mol. The summed E-state index contributed by atoms with van der Waals surface area (Å²) in [5.41, 5.74) is 3.79. The number of fused-ring (bicyclic) bond motifs is 2. The number of nitrogens with one attached hydrogen (secondary N) is 2. The maximum absolute atomic E-state index is 13.1. The number of anilines is 1. The number of nitrogens with zero attached hydrogens (tertiary/aromatic N) is 2. The summed E-state index contributed by atoms with van der Waals surface area (Å²) in [7, 11) is 4.21. The van der Waals surface area contributed by atoms with Gasteiger partial charge >= 0.3 is 0 Å². The van der Waals surface area contributed by atoms with Crippen LogP contribution in [0.3, 0.4) is 0 Å². The molecule has 3 aromatic rings. The number of likely N-dealkylation sites (N-methyl/N-ethyl adjacent to an activating group) is 1. The standard InChI is InChI=1S/C30H38N4O2S/c1-31-17-13-27(28-12-7-21-37-28)36-26-11-6-5-10-25(26)32-29(35)22-34-19-15-30(16-20-34)24-9-4-3-8-23(24)14-18-33(30)2/h3-12,21,27,31H,13-20,22H2,1-2H3,(H,32,35). The first-order chi connectivity index (χ1) is 18.1. The zero-order valence-corrected chi connectivity index (χ0v) is 22.7. The number of hydrogen-bond acceptors (Lipinski definition) is 6. The van der Waals surface area contributed by atoms with E-state index in [-0.39, 0.29) is 17.6 Å². The van der Waals surface area contributed by atoms with Crippen molar-refractivity contribution < 1.29 is 9.53 Å². The Hall–Kier alpha value is -2.71. The van der Waals surface area contributed by atoms with Gasteiger partial charge in [0, 0.05) is 36.5 Å². The molecule has 2 aromatic carbocycles. The molecular formula is C30H38N4O2S. The Labute approximate surface area is 224 Å². The second kappa shape index (κ2) is 11.8. The number of rotatable bonds is 9. The predicted molar refractivity (Wildman–Crippen MR) is 151 cm³/mol. The second-order valence-corrected chi connectivity index (χ2v) is 11.2. The lowest BCUT2D eigenvalue weighted by Gasteiger charge is -2.51. The highest BCUT2D eigenvalue weighted by molar-refractivity contribution is 7.10. The molecule has 1 aromatic heterocycles. The van der Waals surface area contributed by atoms with Crippen LogP contribution in [0.25, 0.3) is 0 Å². The molecule has 2 aliphatic heterocycles. The van der Waals surface area contributed by atoms with Gasteiger partial charge in [-0.2, -0.15) is 0 Å². The third-order valence-corrected chi connectivity index (χ3v) is 8.93. The van der Waals surface area contributed by atoms with Gasteiger partial charge in [-0.15, -0.1) is 11.3 Å². The van der Waals surface area contributed by atoms with Gasteiger partial charge in [0.1, 0.15) is 11.9 Å². The minimum absolute atomic E-state index is 0.00676. The summed E-state index contributed by atoms with van der Waals surface area (Å²) in [6.45, 7) is 4.16. The van der Waals surface area contributed by atoms with Gasteiger partial charge in [-0.3, -0.25) is 14.6 Å². The lowest BCUT2D eigenvalue weighted by atomic mass is 9.74. The number of carbonyl (C=O) groups excluding carboxylic acids is 1. The molecule has 1 fully saturated rings. The second-order valence-electron chi connectivity index (χ2n) is 10.2. The number of hydrogen-bond donors (Lipinski definition) is 2. The SMILES string of the molecule is CNCCC(Oc1ccccc1NC(=O)CN1CCC2(CC1)c1ccccc1CCN2C)c1cccs1. The van der Waals surface area contributed by atoms with Crippen molar-refractivity contribution in [3.05, 3.63) is 82.0 Å². The molecule has 0 saturated carbocycles. The topological polar surface area (TPSA) is 56.8 Å². The van der Waals surface area contributed by atoms with Gasteiger partial charge in [0.05, 0.1) is 12.2 Å². The molecule has 0 aliphatic carbocycles. The number of carbonyl (C=O) groups is 1. The summed E-state index contributed by atoms with van der Waals surface area (Å²) in [6, 6.07) is 20.8. The smallest absolute Gasteiger partial charge is 0.238 e. The highest BCUT2D eigenvalue weighted by Crippen LogP contribution is 2.42. The summed E-state index contributed by atoms with van der Waals surface area (Å²) in [5.74, 6) is 0.718. The van der Waals surface area contributed by atoms with Gasteiger partial charge in [0.15, 0.2) is 0 Å². The fourth-order valence-corrected chi connectivity index (χ4v) is 6.65. The Bertz CT molecular complexity index is 1170. The van der Waals surface area contributed by atoms with E-state index in [0.29, 0.717) is 12.3 Å². The summed E-state index contributed by atoms with van der Waals surface area (Å²) < 4.78 is 6.44. The van der Waals surface area contributed by atoms with Gasteiger partial charge in [0.25, 0.3) is 0 Å². The fourth-order valence-electron chi connectivity index (χ4n) is 5.86. The van der Waals surface area contributed by atoms with E-state index in [1.807, 2.05) is 31.3 Å². The highest BCUT2D eigenvalue weighted by Gasteiger charge is 2.43. The Kier molecular flexibility index (Phi) is 8.25. The molecule has 1 atom stereocenters. The van der Waals surface area contributed by atoms with Crippen molar-refractivity contribution in [2.24, 2.45) is 0 Å². The van der Waals surface area contributed by atoms with Crippen LogP contribution in [-0.2, 0) is 16.8 Å². The van der Waals surface area contributed by atoms with Crippen LogP contribution in [0.1, 0.15) is 41.4 Å². The van der Waals surface area contributed by atoms with Crippen molar-refractivity contribution in [1.82, 2.24) is 15.1 Å². The normalized spacial score (nSPS) is 18.3. The van der Waals surface area contributed by atoms with Crippen LogP contribution in [0.5, 0.6) is 5.75 Å². The largest absolute Gasteiger partial charge is 0.483 e. The van der Waals surface area contributed by atoms with Crippen LogP contribution in [0.2, 0.25) is 0 Å². The van der Waals surface area contributed by atoms with Crippen molar-refractivity contribution in [1.29, 1.82) is 0 Å². The molecule has 1 unspecified atom stereocenters. The van der Waals surface area contributed by atoms with Crippen molar-refractivity contribution >= 4 is 22.9 Å². The van der Waals surface area contributed by atoms with Gasteiger partial charge in [0.2, 0.25) is 5.91 Å². The summed E-state index contributed by atoms with van der Waals surface area (Å²) >= 11 is 1.70. The molecule has 5 rings (SSSR count). The summed E-state index contributed by atoms with van der Waals surface area (Å²) in [6.07, 6.45) is 4.00. The van der Waals surface area contributed by atoms with Crippen LogP contribution in [-0.4, -0.2) is 62.5 Å². The van der Waals surface area contributed by atoms with Gasteiger partial charge in [-0.25, -0.2) is 0 Å². The lowest BCUT2D eigenvalue weighted by Crippen LogP contribution is -2.55. The van der Waals surface area contributed by atoms with Gasteiger partial charge in [-0.1, -0.05) is 42.5 Å². The van der Waals surface area contributed by atoms with E-state index in [0.717, 1.165) is 57.5 Å². The van der Waals surface area contributed by atoms with E-state index in [2.05, 4.69) is 69.3 Å². The fraction of sp³-hybridized carbons (Fsp3) is 0.433. The van der Waals surface area contributed by atoms with Crippen molar-refractivity contribution in [2.75, 3.05) is 52.1 Å². The number of thiophene rings is 1. The van der Waals surface area contributed by atoms with Crippen molar-refractivity contribution in [2.45, 2.75) is 37.3 Å². The summed E-state index contributed by atoms with van der Waals surface area (Å²) in [4.78, 5) is 19.1. The number of ether oxygens (including phenoxy) is 1. The van der Waals surface area contributed by atoms with Crippen LogP contribution in [0.15, 0.2) is 66.0 Å². The van der Waals surface area contributed by atoms with Crippen LogP contribution in [0, 0.1) is 0 Å². The van der Waals surface area contributed by atoms with Crippen LogP contribution < -0.4 is 15.4 Å². The molecule has 7 heteroatoms. The maximum atomic E-state index is 13.1. The molecular weight excluding hydrogens is 480 g/mol. The minimum atomic E-state index is -0.0563. The molecule has 0 radical (unpaired) electrons. The number of piperidine rings is 1. The average Bonchev–Trinajstić information content (AvgIpc) is 3.46. The molecule has 2 N–H and O–H groups in total. The Balaban J connectivity index is 1.21. The predicted octanol–water partition coefficient (Wildman–Crippen LogP) is 4.90. The average molecular weight is 519 g/mol. The van der Waals surface area contributed by atoms with E-state index in [1.165, 1.54) is 16.0 Å². The first-order valence-corrected chi connectivity index (χ1v) is 14.2. The van der Waals surface area contributed by atoms with E-state index in [9.17, 15) is 4.79 Å². The summed E-state index contributed by atoms with van der Waals surface area (Å²) in [5, 5.41) is 8.42. The number of amides is 1. The van der Waals surface area contributed by atoms with E-state index >= 15 is 0 Å². The minimum Gasteiger partial charge on any atom is -0.483 e. The molecule has 196 valence electrons. The number of likely N-dealkylation sites (tertiary alicyclic amines) is 1. The third-order valence-electron chi connectivity index (χ3n) is 7.96. The molecule has 1 amide bonds. The molecule has 2 aliphatic rings. The first-order valence-electron chi connectivity index (χ1n) is 13.3. The third kappa shape index (κ3) is 5.75. The first kappa shape index (κ1) is 25.9. The van der Waals surface area contributed by atoms with E-state index in [4.69, 9.17) is 4.74 Å². The zero-order chi connectivity index (χ0) is 25.7. The highest BCUT2D eigenvalue weighted by atomic mass is 32.1. The van der Waals surface area contributed by atoms with Gasteiger partial charge < -0.3 is 15.4 Å². The Morgan fingerprint density at radius 2 is 1.84 bits per heavy atom. The Morgan fingerprint density at radius 1 is 1.05 bits per heavy atom. The zero-order valence-electron chi connectivity index (χ0n) is 21.9. The van der Waals surface area contributed by atoms with Crippen molar-refractivity contribution in [3.63, 3.8) is 0 Å². The number of para-hydroxylation sites is 2. The van der Waals surface area contributed by atoms with E-state index in [1.54, 1.807) is 11.3 Å². The molecule has 1 spiro atoms. The van der Waals surface area contributed by atoms with E-state index < -0.39 is 0 Å². The lowest BCUT2D eigenvalue weighted by molar-refractivity contribution is -0.118. The maximum Gasteiger partial charge on any atom is 0.238 e. The molecule has 1 saturated heterocycles. The molecule has 0 bridgehead atoms. The van der Waals surface area contributed by atoms with Gasteiger partial charge in [-0.05, 0) is 74.6 Å². The molecule has 6 nitrogen and oxygen atoms in total. The molecule has 3 heterocycles. The molecule has 37 heavy (non-hydrogen) atoms. The number of benzene rings is 2.